The Labute approximate surface area is 159 Å². The number of amides is 1. The Hall–Kier alpha value is -1.69. The van der Waals surface area contributed by atoms with Crippen molar-refractivity contribution in [2.75, 3.05) is 12.3 Å². The molecule has 1 amide bonds. The third kappa shape index (κ3) is 4.34. The van der Waals surface area contributed by atoms with E-state index in [1.165, 1.54) is 11.8 Å². The maximum Gasteiger partial charge on any atom is 0.305 e. The van der Waals surface area contributed by atoms with Crippen LogP contribution in [0, 0.1) is 0 Å². The van der Waals surface area contributed by atoms with Crippen molar-refractivity contribution in [3.05, 3.63) is 28.8 Å². The fraction of sp³-hybridized carbons (Fsp3) is 0.600. The van der Waals surface area contributed by atoms with Crippen molar-refractivity contribution < 1.29 is 19.8 Å². The minimum atomic E-state index is -0.912. The number of carboxylic acids is 1. The minimum Gasteiger partial charge on any atom is -0.507 e. The molecule has 26 heavy (non-hydrogen) atoms. The lowest BCUT2D eigenvalue weighted by Crippen LogP contribution is -2.31. The lowest BCUT2D eigenvalue weighted by Gasteiger charge is -2.31. The molecular weight excluding hydrogens is 350 g/mol. The van der Waals surface area contributed by atoms with Crippen LogP contribution in [-0.4, -0.2) is 39.3 Å². The van der Waals surface area contributed by atoms with E-state index < -0.39 is 5.97 Å². The largest absolute Gasteiger partial charge is 0.507 e. The summed E-state index contributed by atoms with van der Waals surface area (Å²) in [7, 11) is 0. The van der Waals surface area contributed by atoms with Gasteiger partial charge in [0.1, 0.15) is 11.1 Å². The van der Waals surface area contributed by atoms with Gasteiger partial charge >= 0.3 is 5.97 Å². The summed E-state index contributed by atoms with van der Waals surface area (Å²) in [5, 5.41) is 19.6. The van der Waals surface area contributed by atoms with E-state index >= 15 is 0 Å². The van der Waals surface area contributed by atoms with E-state index in [1.807, 2.05) is 53.7 Å². The van der Waals surface area contributed by atoms with Gasteiger partial charge < -0.3 is 15.1 Å². The van der Waals surface area contributed by atoms with E-state index in [0.29, 0.717) is 11.5 Å². The van der Waals surface area contributed by atoms with Gasteiger partial charge in [0.05, 0.1) is 12.2 Å². The average molecular weight is 380 g/mol. The van der Waals surface area contributed by atoms with Crippen molar-refractivity contribution in [2.24, 2.45) is 0 Å². The number of phenols is 1. The molecule has 0 unspecified atom stereocenters. The molecule has 1 atom stereocenters. The fourth-order valence-corrected chi connectivity index (χ4v) is 4.33. The Kier molecular flexibility index (Phi) is 5.66. The van der Waals surface area contributed by atoms with Gasteiger partial charge in [-0.05, 0) is 39.7 Å². The van der Waals surface area contributed by atoms with Crippen LogP contribution in [0.4, 0.5) is 0 Å². The number of carbonyl (C=O) groups excluding carboxylic acids is 1. The fourth-order valence-electron chi connectivity index (χ4n) is 3.13. The van der Waals surface area contributed by atoms with Crippen LogP contribution in [0.1, 0.15) is 70.0 Å². The van der Waals surface area contributed by atoms with Crippen LogP contribution in [-0.2, 0) is 20.4 Å². The third-order valence-electron chi connectivity index (χ3n) is 4.57. The number of aliphatic carboxylic acids is 1. The molecule has 1 heterocycles. The Bertz CT molecular complexity index is 680. The van der Waals surface area contributed by atoms with Crippen LogP contribution in [0.5, 0.6) is 5.75 Å². The molecule has 144 valence electrons. The van der Waals surface area contributed by atoms with E-state index in [1.54, 1.807) is 4.90 Å². The lowest BCUT2D eigenvalue weighted by atomic mass is 9.78. The smallest absolute Gasteiger partial charge is 0.305 e. The molecule has 1 aliphatic rings. The molecular formula is C20H29NO4S. The van der Waals surface area contributed by atoms with E-state index in [4.69, 9.17) is 5.11 Å². The van der Waals surface area contributed by atoms with E-state index in [0.717, 1.165) is 16.7 Å². The molecule has 1 fully saturated rings. The Morgan fingerprint density at radius 2 is 1.65 bits per heavy atom. The third-order valence-corrected chi connectivity index (χ3v) is 5.82. The van der Waals surface area contributed by atoms with E-state index in [2.05, 4.69) is 0 Å². The van der Waals surface area contributed by atoms with Crippen molar-refractivity contribution in [3.63, 3.8) is 0 Å². The van der Waals surface area contributed by atoms with E-state index in [9.17, 15) is 14.7 Å². The van der Waals surface area contributed by atoms with Gasteiger partial charge in [-0.2, -0.15) is 0 Å². The van der Waals surface area contributed by atoms with Crippen LogP contribution in [0.15, 0.2) is 12.1 Å². The monoisotopic (exact) mass is 379 g/mol. The normalized spacial score (nSPS) is 18.5. The van der Waals surface area contributed by atoms with Crippen molar-refractivity contribution in [3.8, 4) is 5.75 Å². The van der Waals surface area contributed by atoms with Gasteiger partial charge in [0.25, 0.3) is 0 Å². The highest BCUT2D eigenvalue weighted by Crippen LogP contribution is 2.45. The number of aromatic hydroxyl groups is 1. The van der Waals surface area contributed by atoms with Gasteiger partial charge in [0, 0.05) is 6.54 Å². The molecule has 1 aromatic rings. The molecule has 1 aliphatic heterocycles. The first-order valence-corrected chi connectivity index (χ1v) is 9.88. The predicted octanol–water partition coefficient (Wildman–Crippen LogP) is 4.04. The maximum absolute atomic E-state index is 12.3. The number of rotatable bonds is 4. The van der Waals surface area contributed by atoms with Gasteiger partial charge in [-0.3, -0.25) is 9.59 Å². The van der Waals surface area contributed by atoms with Gasteiger partial charge in [-0.15, -0.1) is 11.8 Å². The average Bonchev–Trinajstić information content (AvgIpc) is 2.84. The van der Waals surface area contributed by atoms with Crippen molar-refractivity contribution in [1.82, 2.24) is 4.90 Å². The Morgan fingerprint density at radius 1 is 1.15 bits per heavy atom. The molecule has 0 saturated carbocycles. The van der Waals surface area contributed by atoms with Gasteiger partial charge in [0.2, 0.25) is 5.91 Å². The standard InChI is InChI=1S/C20H29NO4S/c1-19(2,3)13-9-12(10-14(17(13)25)20(4,5)6)18-21(8-7-16(23)24)15(22)11-26-18/h9-10,18,25H,7-8,11H2,1-6H3,(H,23,24)/t18-/m0/s1. The van der Waals surface area contributed by atoms with Gasteiger partial charge in [-0.1, -0.05) is 41.5 Å². The SMILES string of the molecule is CC(C)(C)c1cc([C@@H]2SCC(=O)N2CCC(=O)O)cc(C(C)(C)C)c1O. The zero-order valence-corrected chi connectivity index (χ0v) is 17.2. The van der Waals surface area contributed by atoms with Gasteiger partial charge in [0.15, 0.2) is 0 Å². The second-order valence-corrected chi connectivity index (χ2v) is 9.93. The molecule has 2 rings (SSSR count). The molecule has 0 aromatic heterocycles. The molecule has 0 spiro atoms. The first kappa shape index (κ1) is 20.6. The molecule has 1 saturated heterocycles. The maximum atomic E-state index is 12.3. The van der Waals surface area contributed by atoms with Crippen LogP contribution in [0.3, 0.4) is 0 Å². The number of hydrogen-bond acceptors (Lipinski definition) is 4. The predicted molar refractivity (Wildman–Crippen MR) is 105 cm³/mol. The minimum absolute atomic E-state index is 0.0380. The summed E-state index contributed by atoms with van der Waals surface area (Å²) in [6, 6.07) is 3.93. The van der Waals surface area contributed by atoms with Crippen LogP contribution in [0.2, 0.25) is 0 Å². The summed E-state index contributed by atoms with van der Waals surface area (Å²) >= 11 is 1.51. The highest BCUT2D eigenvalue weighted by Gasteiger charge is 2.35. The summed E-state index contributed by atoms with van der Waals surface area (Å²) in [4.78, 5) is 24.9. The first-order chi connectivity index (χ1) is 11.8. The topological polar surface area (TPSA) is 77.8 Å². The number of carboxylic acid groups (broad SMARTS) is 1. The number of nitrogens with zero attached hydrogens (tertiary/aromatic N) is 1. The quantitative estimate of drug-likeness (QED) is 0.826. The lowest BCUT2D eigenvalue weighted by molar-refractivity contribution is -0.138. The zero-order chi connectivity index (χ0) is 19.9. The highest BCUT2D eigenvalue weighted by molar-refractivity contribution is 8.00. The molecule has 5 nitrogen and oxygen atoms in total. The van der Waals surface area contributed by atoms with Crippen LogP contribution >= 0.6 is 11.8 Å². The summed E-state index contributed by atoms with van der Waals surface area (Å²) in [6.07, 6.45) is -0.0703. The van der Waals surface area contributed by atoms with Crippen molar-refractivity contribution in [1.29, 1.82) is 0 Å². The van der Waals surface area contributed by atoms with Crippen molar-refractivity contribution in [2.45, 2.75) is 64.2 Å². The first-order valence-electron chi connectivity index (χ1n) is 8.83. The summed E-state index contributed by atoms with van der Waals surface area (Å²) in [6.45, 7) is 12.5. The van der Waals surface area contributed by atoms with Crippen LogP contribution in [0.25, 0.3) is 0 Å². The summed E-state index contributed by atoms with van der Waals surface area (Å²) in [5.41, 5.74) is 2.13. The number of carbonyl (C=O) groups is 2. The Balaban J connectivity index is 2.54. The second-order valence-electron chi connectivity index (χ2n) is 8.86. The highest BCUT2D eigenvalue weighted by atomic mass is 32.2. The van der Waals surface area contributed by atoms with Crippen LogP contribution < -0.4 is 0 Å². The molecule has 0 radical (unpaired) electrons. The number of hydrogen-bond donors (Lipinski definition) is 2. The molecule has 0 bridgehead atoms. The molecule has 1 aromatic carbocycles. The van der Waals surface area contributed by atoms with Gasteiger partial charge in [-0.25, -0.2) is 0 Å². The molecule has 2 N–H and O–H groups in total. The Morgan fingerprint density at radius 3 is 2.08 bits per heavy atom. The molecule has 0 aliphatic carbocycles. The number of phenolic OH excluding ortho intramolecular Hbond substituents is 1. The zero-order valence-electron chi connectivity index (χ0n) is 16.4. The van der Waals surface area contributed by atoms with E-state index in [-0.39, 0.29) is 35.1 Å². The van der Waals surface area contributed by atoms with Crippen molar-refractivity contribution >= 4 is 23.6 Å². The number of benzene rings is 1. The number of thioether (sulfide) groups is 1. The second kappa shape index (κ2) is 7.14. The molecule has 6 heteroatoms. The summed E-state index contributed by atoms with van der Waals surface area (Å²) in [5.74, 6) is -0.296. The summed E-state index contributed by atoms with van der Waals surface area (Å²) < 4.78 is 0.